The van der Waals surface area contributed by atoms with Gasteiger partial charge >= 0.3 is 0 Å². The van der Waals surface area contributed by atoms with E-state index >= 15 is 0 Å². The fraction of sp³-hybridized carbons (Fsp3) is 0.200. The molecule has 0 heterocycles. The highest BCUT2D eigenvalue weighted by molar-refractivity contribution is 5.64. The molecular weight excluding hydrogens is 354 g/mol. The van der Waals surface area contributed by atoms with Gasteiger partial charge in [-0.15, -0.1) is 0 Å². The Morgan fingerprint density at radius 1 is 0.786 bits per heavy atom. The van der Waals surface area contributed by atoms with Crippen LogP contribution in [-0.2, 0) is 6.42 Å². The molecule has 0 unspecified atom stereocenters. The van der Waals surface area contributed by atoms with Crippen molar-refractivity contribution in [3.63, 3.8) is 0 Å². The van der Waals surface area contributed by atoms with E-state index < -0.39 is 11.6 Å². The summed E-state index contributed by atoms with van der Waals surface area (Å²) in [6, 6.07) is 19.1. The average Bonchev–Trinajstić information content (AvgIpc) is 2.74. The maximum absolute atomic E-state index is 14.0. The Kier molecular flexibility index (Phi) is 6.45. The third-order valence-corrected chi connectivity index (χ3v) is 4.60. The normalized spacial score (nSPS) is 10.3. The van der Waals surface area contributed by atoms with Gasteiger partial charge < -0.3 is 4.74 Å². The van der Waals surface area contributed by atoms with Crippen molar-refractivity contribution in [1.29, 1.82) is 0 Å². The quantitative estimate of drug-likeness (QED) is 0.469. The SMILES string of the molecule is CCCCc1ccc(-c2ccc(C#Cc3ccc(OC)c(F)c3F)cc2)cc1. The molecule has 3 heteroatoms. The molecule has 0 spiro atoms. The van der Waals surface area contributed by atoms with E-state index in [1.54, 1.807) is 0 Å². The molecule has 3 aromatic rings. The summed E-state index contributed by atoms with van der Waals surface area (Å²) in [7, 11) is 1.30. The Morgan fingerprint density at radius 2 is 1.43 bits per heavy atom. The third-order valence-electron chi connectivity index (χ3n) is 4.60. The summed E-state index contributed by atoms with van der Waals surface area (Å²) in [5.74, 6) is 3.42. The van der Waals surface area contributed by atoms with Crippen molar-refractivity contribution in [3.8, 4) is 28.7 Å². The second kappa shape index (κ2) is 9.19. The van der Waals surface area contributed by atoms with Gasteiger partial charge in [-0.1, -0.05) is 61.6 Å². The lowest BCUT2D eigenvalue weighted by Gasteiger charge is -2.05. The summed E-state index contributed by atoms with van der Waals surface area (Å²) >= 11 is 0. The third kappa shape index (κ3) is 4.58. The van der Waals surface area contributed by atoms with Crippen LogP contribution in [0.5, 0.6) is 5.75 Å². The van der Waals surface area contributed by atoms with Crippen LogP contribution in [0.3, 0.4) is 0 Å². The average molecular weight is 376 g/mol. The molecule has 0 atom stereocenters. The summed E-state index contributed by atoms with van der Waals surface area (Å²) in [4.78, 5) is 0. The molecule has 0 radical (unpaired) electrons. The smallest absolute Gasteiger partial charge is 0.201 e. The van der Waals surface area contributed by atoms with Crippen LogP contribution in [0.15, 0.2) is 60.7 Å². The van der Waals surface area contributed by atoms with Gasteiger partial charge in [0.25, 0.3) is 0 Å². The van der Waals surface area contributed by atoms with E-state index in [0.29, 0.717) is 0 Å². The molecule has 0 aliphatic rings. The zero-order valence-corrected chi connectivity index (χ0v) is 16.1. The molecular formula is C25H22F2O. The maximum Gasteiger partial charge on any atom is 0.201 e. The number of unbranched alkanes of at least 4 members (excludes halogenated alkanes) is 1. The molecule has 28 heavy (non-hydrogen) atoms. The predicted octanol–water partition coefficient (Wildman–Crippen LogP) is 6.38. The van der Waals surface area contributed by atoms with Gasteiger partial charge in [0, 0.05) is 5.56 Å². The van der Waals surface area contributed by atoms with Crippen molar-refractivity contribution >= 4 is 0 Å². The summed E-state index contributed by atoms with van der Waals surface area (Å²) in [5, 5.41) is 0. The van der Waals surface area contributed by atoms with Crippen LogP contribution in [0.4, 0.5) is 8.78 Å². The second-order valence-electron chi connectivity index (χ2n) is 6.57. The molecule has 3 aromatic carbocycles. The van der Waals surface area contributed by atoms with Gasteiger partial charge in [-0.2, -0.15) is 4.39 Å². The van der Waals surface area contributed by atoms with Gasteiger partial charge in [-0.05, 0) is 53.8 Å². The predicted molar refractivity (Wildman–Crippen MR) is 109 cm³/mol. The minimum Gasteiger partial charge on any atom is -0.494 e. The molecule has 0 fully saturated rings. The van der Waals surface area contributed by atoms with Gasteiger partial charge in [-0.25, -0.2) is 4.39 Å². The lowest BCUT2D eigenvalue weighted by molar-refractivity contribution is 0.371. The van der Waals surface area contributed by atoms with Crippen LogP contribution in [0.25, 0.3) is 11.1 Å². The molecule has 0 N–H and O–H groups in total. The molecule has 0 aliphatic carbocycles. The van der Waals surface area contributed by atoms with E-state index in [1.165, 1.54) is 37.6 Å². The number of rotatable bonds is 5. The Bertz CT molecular complexity index is 994. The number of halogens is 2. The van der Waals surface area contributed by atoms with Crippen molar-refractivity contribution < 1.29 is 13.5 Å². The van der Waals surface area contributed by atoms with Crippen molar-refractivity contribution in [1.82, 2.24) is 0 Å². The van der Waals surface area contributed by atoms with E-state index in [4.69, 9.17) is 4.74 Å². The van der Waals surface area contributed by atoms with E-state index in [9.17, 15) is 8.78 Å². The van der Waals surface area contributed by atoms with E-state index in [-0.39, 0.29) is 11.3 Å². The molecule has 0 bridgehead atoms. The van der Waals surface area contributed by atoms with E-state index in [2.05, 4.69) is 43.0 Å². The van der Waals surface area contributed by atoms with Gasteiger partial charge in [0.15, 0.2) is 11.6 Å². The van der Waals surface area contributed by atoms with Crippen molar-refractivity contribution in [2.45, 2.75) is 26.2 Å². The number of hydrogen-bond donors (Lipinski definition) is 0. The molecule has 0 aliphatic heterocycles. The molecule has 0 amide bonds. The van der Waals surface area contributed by atoms with Crippen LogP contribution >= 0.6 is 0 Å². The Labute approximate surface area is 165 Å². The van der Waals surface area contributed by atoms with Crippen molar-refractivity contribution in [2.75, 3.05) is 7.11 Å². The van der Waals surface area contributed by atoms with Crippen molar-refractivity contribution in [2.24, 2.45) is 0 Å². The Morgan fingerprint density at radius 3 is 2.04 bits per heavy atom. The van der Waals surface area contributed by atoms with Crippen LogP contribution < -0.4 is 4.74 Å². The summed E-state index contributed by atoms with van der Waals surface area (Å²) < 4.78 is 32.5. The first-order chi connectivity index (χ1) is 13.6. The van der Waals surface area contributed by atoms with E-state index in [0.717, 1.165) is 23.1 Å². The topological polar surface area (TPSA) is 9.23 Å². The first-order valence-electron chi connectivity index (χ1n) is 9.35. The summed E-state index contributed by atoms with van der Waals surface area (Å²) in [5.41, 5.74) is 4.32. The monoisotopic (exact) mass is 376 g/mol. The second-order valence-corrected chi connectivity index (χ2v) is 6.57. The van der Waals surface area contributed by atoms with Gasteiger partial charge in [0.05, 0.1) is 12.7 Å². The van der Waals surface area contributed by atoms with Crippen LogP contribution in [0, 0.1) is 23.5 Å². The number of aryl methyl sites for hydroxylation is 1. The maximum atomic E-state index is 14.0. The van der Waals surface area contributed by atoms with Gasteiger partial charge in [-0.3, -0.25) is 0 Å². The van der Waals surface area contributed by atoms with Gasteiger partial charge in [0.1, 0.15) is 0 Å². The zero-order chi connectivity index (χ0) is 19.9. The molecule has 142 valence electrons. The van der Waals surface area contributed by atoms with Crippen LogP contribution in [-0.4, -0.2) is 7.11 Å². The van der Waals surface area contributed by atoms with Crippen LogP contribution in [0.2, 0.25) is 0 Å². The molecule has 3 rings (SSSR count). The number of methoxy groups -OCH3 is 1. The summed E-state index contributed by atoms with van der Waals surface area (Å²) in [6.45, 7) is 2.19. The fourth-order valence-electron chi connectivity index (χ4n) is 2.92. The number of ether oxygens (including phenoxy) is 1. The standard InChI is InChI=1S/C25H22F2O/c1-3-4-5-18-6-11-20(12-7-18)21-13-8-19(9-14-21)10-15-22-16-17-23(28-2)25(27)24(22)26/h6-9,11-14,16-17H,3-5H2,1-2H3. The molecule has 0 aromatic heterocycles. The lowest BCUT2D eigenvalue weighted by Crippen LogP contribution is -1.95. The van der Waals surface area contributed by atoms with Gasteiger partial charge in [0.2, 0.25) is 5.82 Å². The fourth-order valence-corrected chi connectivity index (χ4v) is 2.92. The largest absolute Gasteiger partial charge is 0.494 e. The zero-order valence-electron chi connectivity index (χ0n) is 16.1. The first kappa shape index (κ1) is 19.6. The highest BCUT2D eigenvalue weighted by Gasteiger charge is 2.12. The first-order valence-corrected chi connectivity index (χ1v) is 9.35. The highest BCUT2D eigenvalue weighted by Crippen LogP contribution is 2.23. The Balaban J connectivity index is 1.75. The number of benzene rings is 3. The molecule has 0 saturated heterocycles. The van der Waals surface area contributed by atoms with E-state index in [1.807, 2.05) is 24.3 Å². The van der Waals surface area contributed by atoms with Crippen LogP contribution in [0.1, 0.15) is 36.5 Å². The minimum absolute atomic E-state index is 0.00467. The van der Waals surface area contributed by atoms with Crippen molar-refractivity contribution in [3.05, 3.63) is 89.0 Å². The highest BCUT2D eigenvalue weighted by atomic mass is 19.2. The number of hydrogen-bond acceptors (Lipinski definition) is 1. The molecule has 0 saturated carbocycles. The molecule has 1 nitrogen and oxygen atoms in total. The minimum atomic E-state index is -1.02. The Hall–Kier alpha value is -3.12. The summed E-state index contributed by atoms with van der Waals surface area (Å²) in [6.07, 6.45) is 3.50. The lowest BCUT2D eigenvalue weighted by atomic mass is 10.0.